The van der Waals surface area contributed by atoms with E-state index in [9.17, 15) is 9.59 Å². The molecule has 1 N–H and O–H groups in total. The Kier molecular flexibility index (Phi) is 6.55. The minimum Gasteiger partial charge on any atom is -0.373 e. The van der Waals surface area contributed by atoms with E-state index < -0.39 is 0 Å². The van der Waals surface area contributed by atoms with Gasteiger partial charge in [0.25, 0.3) is 11.8 Å². The van der Waals surface area contributed by atoms with Gasteiger partial charge in [0.05, 0.1) is 35.5 Å². The van der Waals surface area contributed by atoms with E-state index in [2.05, 4.69) is 17.2 Å². The summed E-state index contributed by atoms with van der Waals surface area (Å²) in [6.07, 6.45) is 4.28. The van der Waals surface area contributed by atoms with Crippen LogP contribution in [0, 0.1) is 0 Å². The van der Waals surface area contributed by atoms with Crippen molar-refractivity contribution in [1.82, 2.24) is 19.8 Å². The summed E-state index contributed by atoms with van der Waals surface area (Å²) in [6, 6.07) is 3.36. The number of amides is 2. The van der Waals surface area contributed by atoms with E-state index >= 15 is 0 Å². The monoisotopic (exact) mass is 464 g/mol. The van der Waals surface area contributed by atoms with Crippen LogP contribution in [0.4, 0.5) is 0 Å². The fraction of sp³-hybridized carbons (Fsp3) is 0.500. The molecule has 0 radical (unpaired) electrons. The number of hydrogen-bond acceptors (Lipinski definition) is 4. The van der Waals surface area contributed by atoms with E-state index in [1.54, 1.807) is 18.3 Å². The number of nitrogens with one attached hydrogen (secondary N) is 1. The van der Waals surface area contributed by atoms with Crippen LogP contribution < -0.4 is 5.32 Å². The molecule has 0 saturated carbocycles. The van der Waals surface area contributed by atoms with Crippen LogP contribution in [0.2, 0.25) is 10.2 Å². The molecule has 0 spiro atoms. The van der Waals surface area contributed by atoms with Crippen molar-refractivity contribution >= 4 is 35.0 Å². The Morgan fingerprint density at radius 3 is 2.81 bits per heavy atom. The van der Waals surface area contributed by atoms with Gasteiger partial charge in [-0.3, -0.25) is 9.59 Å². The molecule has 4 heterocycles. The molecule has 0 aliphatic carbocycles. The summed E-state index contributed by atoms with van der Waals surface area (Å²) in [5, 5.41) is 3.62. The third kappa shape index (κ3) is 4.31. The van der Waals surface area contributed by atoms with Gasteiger partial charge in [-0.1, -0.05) is 30.1 Å². The fourth-order valence-corrected chi connectivity index (χ4v) is 4.64. The molecule has 7 nitrogen and oxygen atoms in total. The Balaban J connectivity index is 1.62. The van der Waals surface area contributed by atoms with Gasteiger partial charge in [0.15, 0.2) is 0 Å². The number of aromatic nitrogens is 2. The maximum atomic E-state index is 13.2. The standard InChI is InChI=1S/C22H26Cl2N4O3/c1-3-17(14-9-16(23)20(24)25-11-14)26-21(29)15-10-18(28-7-8-31-12-19(15)28)22(30)27-6-4-5-13(27)2/h9-11,13,17H,3-8,12H2,1-2H3,(H,26,29). The maximum absolute atomic E-state index is 13.2. The van der Waals surface area contributed by atoms with Crippen molar-refractivity contribution in [1.29, 1.82) is 0 Å². The van der Waals surface area contributed by atoms with Crippen molar-refractivity contribution < 1.29 is 14.3 Å². The highest BCUT2D eigenvalue weighted by atomic mass is 35.5. The first kappa shape index (κ1) is 22.1. The van der Waals surface area contributed by atoms with Gasteiger partial charge in [0.2, 0.25) is 0 Å². The highest BCUT2D eigenvalue weighted by Gasteiger charge is 2.32. The predicted octanol–water partition coefficient (Wildman–Crippen LogP) is 4.23. The first-order chi connectivity index (χ1) is 14.9. The summed E-state index contributed by atoms with van der Waals surface area (Å²) in [5.74, 6) is -0.270. The molecule has 166 valence electrons. The van der Waals surface area contributed by atoms with Crippen molar-refractivity contribution in [3.8, 4) is 0 Å². The lowest BCUT2D eigenvalue weighted by Gasteiger charge is -2.24. The van der Waals surface area contributed by atoms with Crippen LogP contribution in [0.1, 0.15) is 71.3 Å². The molecule has 9 heteroatoms. The second-order valence-corrected chi connectivity index (χ2v) is 8.82. The van der Waals surface area contributed by atoms with E-state index in [-0.39, 0.29) is 29.1 Å². The van der Waals surface area contributed by atoms with E-state index in [1.165, 1.54) is 0 Å². The van der Waals surface area contributed by atoms with Crippen LogP contribution in [0.15, 0.2) is 18.3 Å². The molecule has 2 aliphatic heterocycles. The molecule has 0 aromatic carbocycles. The van der Waals surface area contributed by atoms with E-state index in [1.807, 2.05) is 16.4 Å². The third-order valence-corrected chi connectivity index (χ3v) is 6.80. The van der Waals surface area contributed by atoms with Gasteiger partial charge in [-0.15, -0.1) is 0 Å². The largest absolute Gasteiger partial charge is 0.373 e. The molecular formula is C22H26Cl2N4O3. The molecule has 2 atom stereocenters. The molecule has 2 aliphatic rings. The van der Waals surface area contributed by atoms with Gasteiger partial charge in [0, 0.05) is 25.3 Å². The van der Waals surface area contributed by atoms with Crippen LogP contribution in [0.3, 0.4) is 0 Å². The van der Waals surface area contributed by atoms with E-state index in [4.69, 9.17) is 27.9 Å². The molecule has 2 amide bonds. The van der Waals surface area contributed by atoms with Crippen molar-refractivity contribution in [2.24, 2.45) is 0 Å². The Morgan fingerprint density at radius 2 is 2.13 bits per heavy atom. The van der Waals surface area contributed by atoms with Gasteiger partial charge in [-0.25, -0.2) is 4.98 Å². The minimum absolute atomic E-state index is 0.0204. The quantitative estimate of drug-likeness (QED) is 0.671. The van der Waals surface area contributed by atoms with Crippen LogP contribution in [-0.2, 0) is 17.9 Å². The van der Waals surface area contributed by atoms with Gasteiger partial charge in [-0.05, 0) is 43.9 Å². The summed E-state index contributed by atoms with van der Waals surface area (Å²) < 4.78 is 7.54. The Morgan fingerprint density at radius 1 is 1.32 bits per heavy atom. The molecular weight excluding hydrogens is 439 g/mol. The van der Waals surface area contributed by atoms with Crippen molar-refractivity contribution in [3.05, 3.63) is 51.0 Å². The number of nitrogens with zero attached hydrogens (tertiary/aromatic N) is 3. The van der Waals surface area contributed by atoms with Crippen molar-refractivity contribution in [2.75, 3.05) is 13.2 Å². The van der Waals surface area contributed by atoms with Crippen molar-refractivity contribution in [2.45, 2.75) is 58.3 Å². The zero-order valence-electron chi connectivity index (χ0n) is 17.7. The lowest BCUT2D eigenvalue weighted by atomic mass is 10.1. The molecule has 4 rings (SSSR count). The van der Waals surface area contributed by atoms with Crippen LogP contribution in [-0.4, -0.2) is 45.5 Å². The highest BCUT2D eigenvalue weighted by molar-refractivity contribution is 6.41. The number of carbonyl (C=O) groups is 2. The Bertz CT molecular complexity index is 1010. The first-order valence-corrected chi connectivity index (χ1v) is 11.4. The van der Waals surface area contributed by atoms with Crippen molar-refractivity contribution in [3.63, 3.8) is 0 Å². The van der Waals surface area contributed by atoms with Gasteiger partial charge in [0.1, 0.15) is 10.8 Å². The first-order valence-electron chi connectivity index (χ1n) is 10.6. The number of carbonyl (C=O) groups excluding carboxylic acids is 2. The number of likely N-dealkylation sites (tertiary alicyclic amines) is 1. The zero-order chi connectivity index (χ0) is 22.1. The second-order valence-electron chi connectivity index (χ2n) is 8.06. The molecule has 2 aromatic rings. The topological polar surface area (TPSA) is 76.5 Å². The summed E-state index contributed by atoms with van der Waals surface area (Å²) in [6.45, 7) is 6.16. The van der Waals surface area contributed by atoms with Crippen LogP contribution >= 0.6 is 23.2 Å². The molecule has 0 bridgehead atoms. The number of fused-ring (bicyclic) bond motifs is 1. The van der Waals surface area contributed by atoms with E-state index in [0.29, 0.717) is 42.5 Å². The average molecular weight is 465 g/mol. The Labute approximate surface area is 191 Å². The predicted molar refractivity (Wildman–Crippen MR) is 119 cm³/mol. The molecule has 2 unspecified atom stereocenters. The summed E-state index contributed by atoms with van der Waals surface area (Å²) >= 11 is 12.0. The number of hydrogen-bond donors (Lipinski definition) is 1. The lowest BCUT2D eigenvalue weighted by Crippen LogP contribution is -2.35. The number of pyridine rings is 1. The second kappa shape index (κ2) is 9.18. The number of rotatable bonds is 5. The highest BCUT2D eigenvalue weighted by Crippen LogP contribution is 2.28. The lowest BCUT2D eigenvalue weighted by molar-refractivity contribution is 0.0683. The average Bonchev–Trinajstić information content (AvgIpc) is 3.37. The third-order valence-electron chi connectivity index (χ3n) is 6.12. The fourth-order valence-electron chi connectivity index (χ4n) is 4.36. The summed E-state index contributed by atoms with van der Waals surface area (Å²) in [7, 11) is 0. The van der Waals surface area contributed by atoms with Gasteiger partial charge >= 0.3 is 0 Å². The molecule has 2 aromatic heterocycles. The van der Waals surface area contributed by atoms with E-state index in [0.717, 1.165) is 30.6 Å². The maximum Gasteiger partial charge on any atom is 0.270 e. The molecule has 31 heavy (non-hydrogen) atoms. The minimum atomic E-state index is -0.285. The SMILES string of the molecule is CCC(NC(=O)c1cc(C(=O)N2CCCC2C)n2c1COCC2)c1cnc(Cl)c(Cl)c1. The van der Waals surface area contributed by atoms with Crippen LogP contribution in [0.5, 0.6) is 0 Å². The molecule has 1 saturated heterocycles. The number of halogens is 2. The van der Waals surface area contributed by atoms with Crippen LogP contribution in [0.25, 0.3) is 0 Å². The number of ether oxygens (including phenoxy) is 1. The normalized spacial score (nSPS) is 19.2. The Hall–Kier alpha value is -2.09. The zero-order valence-corrected chi connectivity index (χ0v) is 19.2. The van der Waals surface area contributed by atoms with Gasteiger partial charge in [-0.2, -0.15) is 0 Å². The molecule has 1 fully saturated rings. The van der Waals surface area contributed by atoms with Gasteiger partial charge < -0.3 is 19.5 Å². The summed E-state index contributed by atoms with van der Waals surface area (Å²) in [5.41, 5.74) is 2.54. The smallest absolute Gasteiger partial charge is 0.270 e. The summed E-state index contributed by atoms with van der Waals surface area (Å²) in [4.78, 5) is 32.5.